The SMILES string of the molecule is Nc1cccc(Nc2nccc(Oc3ccc4c(ccn4-c4cccnc4)c3)n2)c1. The molecular weight excluding hydrogens is 376 g/mol. The van der Waals surface area contributed by atoms with Crippen LogP contribution in [-0.4, -0.2) is 19.5 Å². The van der Waals surface area contributed by atoms with E-state index in [2.05, 4.69) is 24.8 Å². The van der Waals surface area contributed by atoms with Crippen LogP contribution < -0.4 is 15.8 Å². The molecule has 3 N–H and O–H groups in total. The van der Waals surface area contributed by atoms with Gasteiger partial charge < -0.3 is 20.4 Å². The molecule has 30 heavy (non-hydrogen) atoms. The Bertz CT molecular complexity index is 1320. The van der Waals surface area contributed by atoms with Crippen LogP contribution in [0.25, 0.3) is 16.6 Å². The Labute approximate surface area is 172 Å². The molecule has 3 heterocycles. The molecule has 0 saturated heterocycles. The van der Waals surface area contributed by atoms with Crippen LogP contribution in [0.1, 0.15) is 0 Å². The molecule has 0 saturated carbocycles. The summed E-state index contributed by atoms with van der Waals surface area (Å²) in [6.45, 7) is 0. The van der Waals surface area contributed by atoms with Crippen molar-refractivity contribution in [2.75, 3.05) is 11.1 Å². The number of nitrogens with one attached hydrogen (secondary N) is 1. The number of hydrogen-bond donors (Lipinski definition) is 2. The summed E-state index contributed by atoms with van der Waals surface area (Å²) in [6.07, 6.45) is 7.26. The lowest BCUT2D eigenvalue weighted by Crippen LogP contribution is -1.99. The van der Waals surface area contributed by atoms with E-state index in [1.54, 1.807) is 18.5 Å². The highest BCUT2D eigenvalue weighted by molar-refractivity contribution is 5.83. The van der Waals surface area contributed by atoms with Crippen molar-refractivity contribution in [2.45, 2.75) is 0 Å². The number of fused-ring (bicyclic) bond motifs is 1. The maximum Gasteiger partial charge on any atom is 0.230 e. The summed E-state index contributed by atoms with van der Waals surface area (Å²) in [6, 6.07) is 21.0. The highest BCUT2D eigenvalue weighted by atomic mass is 16.5. The number of nitrogens with zero attached hydrogens (tertiary/aromatic N) is 4. The van der Waals surface area contributed by atoms with Gasteiger partial charge in [0.1, 0.15) is 5.75 Å². The first-order valence-corrected chi connectivity index (χ1v) is 9.40. The molecule has 0 bridgehead atoms. The molecule has 2 aromatic carbocycles. The van der Waals surface area contributed by atoms with Crippen LogP contribution in [0.15, 0.2) is 91.5 Å². The van der Waals surface area contributed by atoms with E-state index in [4.69, 9.17) is 10.5 Å². The minimum absolute atomic E-state index is 0.432. The first-order chi connectivity index (χ1) is 14.7. The molecule has 5 rings (SSSR count). The van der Waals surface area contributed by atoms with Crippen LogP contribution in [-0.2, 0) is 0 Å². The summed E-state index contributed by atoms with van der Waals surface area (Å²) in [5.41, 5.74) is 9.37. The first-order valence-electron chi connectivity index (χ1n) is 9.40. The third-order valence-corrected chi connectivity index (χ3v) is 4.58. The zero-order chi connectivity index (χ0) is 20.3. The minimum atomic E-state index is 0.432. The molecule has 0 spiro atoms. The molecule has 0 aliphatic heterocycles. The van der Waals surface area contributed by atoms with Crippen molar-refractivity contribution < 1.29 is 4.74 Å². The van der Waals surface area contributed by atoms with E-state index in [-0.39, 0.29) is 0 Å². The molecular formula is C23H18N6O. The number of ether oxygens (including phenoxy) is 1. The number of aromatic nitrogens is 4. The minimum Gasteiger partial charge on any atom is -0.439 e. The highest BCUT2D eigenvalue weighted by Crippen LogP contribution is 2.27. The lowest BCUT2D eigenvalue weighted by molar-refractivity contribution is 0.463. The number of pyridine rings is 1. The lowest BCUT2D eigenvalue weighted by atomic mass is 10.2. The van der Waals surface area contributed by atoms with Gasteiger partial charge in [-0.15, -0.1) is 0 Å². The third kappa shape index (κ3) is 3.64. The maximum absolute atomic E-state index is 5.97. The molecule has 0 unspecified atom stereocenters. The lowest BCUT2D eigenvalue weighted by Gasteiger charge is -2.09. The molecule has 0 aliphatic rings. The van der Waals surface area contributed by atoms with Crippen LogP contribution in [0.2, 0.25) is 0 Å². The van der Waals surface area contributed by atoms with E-state index < -0.39 is 0 Å². The summed E-state index contributed by atoms with van der Waals surface area (Å²) in [5, 5.41) is 4.19. The van der Waals surface area contributed by atoms with E-state index in [1.807, 2.05) is 73.1 Å². The van der Waals surface area contributed by atoms with Crippen molar-refractivity contribution in [3.63, 3.8) is 0 Å². The Morgan fingerprint density at radius 1 is 0.933 bits per heavy atom. The zero-order valence-electron chi connectivity index (χ0n) is 15.9. The average Bonchev–Trinajstić information content (AvgIpc) is 3.18. The van der Waals surface area contributed by atoms with Crippen LogP contribution in [0.5, 0.6) is 11.6 Å². The third-order valence-electron chi connectivity index (χ3n) is 4.58. The molecule has 0 amide bonds. The van der Waals surface area contributed by atoms with E-state index in [0.717, 1.165) is 22.3 Å². The van der Waals surface area contributed by atoms with E-state index in [0.29, 0.717) is 23.3 Å². The predicted molar refractivity (Wildman–Crippen MR) is 117 cm³/mol. The maximum atomic E-state index is 5.97. The Hall–Kier alpha value is -4.39. The topological polar surface area (TPSA) is 90.9 Å². The van der Waals surface area contributed by atoms with Gasteiger partial charge in [0, 0.05) is 41.4 Å². The standard InChI is InChI=1S/C23H18N6O/c24-17-3-1-4-18(14-17)27-23-26-11-8-22(28-23)30-20-6-7-21-16(13-20)9-12-29(21)19-5-2-10-25-15-19/h1-15H,24H2,(H,26,27,28). The second kappa shape index (κ2) is 7.56. The average molecular weight is 394 g/mol. The first kappa shape index (κ1) is 17.7. The Kier molecular flexibility index (Phi) is 4.46. The number of anilines is 3. The van der Waals surface area contributed by atoms with Gasteiger partial charge in [0.05, 0.1) is 17.4 Å². The van der Waals surface area contributed by atoms with E-state index >= 15 is 0 Å². The van der Waals surface area contributed by atoms with Crippen LogP contribution >= 0.6 is 0 Å². The van der Waals surface area contributed by atoms with E-state index in [1.165, 1.54) is 0 Å². The van der Waals surface area contributed by atoms with Crippen molar-refractivity contribution in [3.8, 4) is 17.3 Å². The largest absolute Gasteiger partial charge is 0.439 e. The number of nitrogen functional groups attached to an aromatic ring is 1. The summed E-state index contributed by atoms with van der Waals surface area (Å²) >= 11 is 0. The highest BCUT2D eigenvalue weighted by Gasteiger charge is 2.07. The monoisotopic (exact) mass is 394 g/mol. The van der Waals surface area contributed by atoms with Gasteiger partial charge in [0.15, 0.2) is 0 Å². The van der Waals surface area contributed by atoms with Crippen molar-refractivity contribution in [1.82, 2.24) is 19.5 Å². The molecule has 0 fully saturated rings. The Morgan fingerprint density at radius 3 is 2.77 bits per heavy atom. The second-order valence-corrected chi connectivity index (χ2v) is 6.69. The number of rotatable bonds is 5. The van der Waals surface area contributed by atoms with Crippen LogP contribution in [0.3, 0.4) is 0 Å². The van der Waals surface area contributed by atoms with Gasteiger partial charge in [-0.2, -0.15) is 4.98 Å². The molecule has 3 aromatic heterocycles. The summed E-state index contributed by atoms with van der Waals surface area (Å²) in [7, 11) is 0. The molecule has 0 aliphatic carbocycles. The van der Waals surface area contributed by atoms with Gasteiger partial charge in [-0.25, -0.2) is 4.98 Å². The summed E-state index contributed by atoms with van der Waals surface area (Å²) in [5.74, 6) is 1.57. The number of benzene rings is 2. The molecule has 0 atom stereocenters. The Balaban J connectivity index is 1.38. The molecule has 7 heteroatoms. The normalized spacial score (nSPS) is 10.8. The van der Waals surface area contributed by atoms with Gasteiger partial charge in [-0.1, -0.05) is 6.07 Å². The van der Waals surface area contributed by atoms with Gasteiger partial charge in [-0.3, -0.25) is 4.98 Å². The molecule has 146 valence electrons. The van der Waals surface area contributed by atoms with Crippen LogP contribution in [0.4, 0.5) is 17.3 Å². The second-order valence-electron chi connectivity index (χ2n) is 6.69. The fraction of sp³-hybridized carbons (Fsp3) is 0. The molecule has 5 aromatic rings. The van der Waals surface area contributed by atoms with Crippen molar-refractivity contribution in [3.05, 3.63) is 91.5 Å². The van der Waals surface area contributed by atoms with Gasteiger partial charge >= 0.3 is 0 Å². The summed E-state index contributed by atoms with van der Waals surface area (Å²) < 4.78 is 8.05. The van der Waals surface area contributed by atoms with Gasteiger partial charge in [0.2, 0.25) is 11.8 Å². The molecule has 0 radical (unpaired) electrons. The molecule has 7 nitrogen and oxygen atoms in total. The fourth-order valence-corrected chi connectivity index (χ4v) is 3.23. The fourth-order valence-electron chi connectivity index (χ4n) is 3.23. The quantitative estimate of drug-likeness (QED) is 0.411. The van der Waals surface area contributed by atoms with Crippen molar-refractivity contribution in [1.29, 1.82) is 0 Å². The number of hydrogen-bond acceptors (Lipinski definition) is 6. The summed E-state index contributed by atoms with van der Waals surface area (Å²) in [4.78, 5) is 12.9. The Morgan fingerprint density at radius 2 is 1.90 bits per heavy atom. The van der Waals surface area contributed by atoms with Crippen LogP contribution in [0, 0.1) is 0 Å². The van der Waals surface area contributed by atoms with Crippen molar-refractivity contribution in [2.24, 2.45) is 0 Å². The number of nitrogens with two attached hydrogens (primary N) is 1. The van der Waals surface area contributed by atoms with E-state index in [9.17, 15) is 0 Å². The van der Waals surface area contributed by atoms with Gasteiger partial charge in [-0.05, 0) is 54.6 Å². The predicted octanol–water partition coefficient (Wildman–Crippen LogP) is 4.93. The van der Waals surface area contributed by atoms with Crippen molar-refractivity contribution >= 4 is 28.2 Å². The zero-order valence-corrected chi connectivity index (χ0v) is 15.9. The van der Waals surface area contributed by atoms with Gasteiger partial charge in [0.25, 0.3) is 0 Å². The smallest absolute Gasteiger partial charge is 0.230 e.